The van der Waals surface area contributed by atoms with E-state index < -0.39 is 0 Å². The van der Waals surface area contributed by atoms with E-state index in [0.717, 1.165) is 24.7 Å². The minimum absolute atomic E-state index is 0.0805. The summed E-state index contributed by atoms with van der Waals surface area (Å²) in [5.41, 5.74) is 0. The average Bonchev–Trinajstić information content (AvgIpc) is 2.79. The summed E-state index contributed by atoms with van der Waals surface area (Å²) in [6.45, 7) is 9.58. The molecule has 0 aromatic heterocycles. The van der Waals surface area contributed by atoms with Crippen LogP contribution < -0.4 is 0 Å². The molecule has 2 bridgehead atoms. The van der Waals surface area contributed by atoms with Crippen LogP contribution in [0.1, 0.15) is 47.0 Å². The van der Waals surface area contributed by atoms with Gasteiger partial charge in [0.1, 0.15) is 0 Å². The first kappa shape index (κ1) is 12.9. The van der Waals surface area contributed by atoms with E-state index in [-0.39, 0.29) is 11.9 Å². The number of hydrogen-bond donors (Lipinski definition) is 0. The summed E-state index contributed by atoms with van der Waals surface area (Å²) in [6.07, 6.45) is 3.32. The van der Waals surface area contributed by atoms with Crippen molar-refractivity contribution >= 4 is 5.97 Å². The molecule has 2 aliphatic carbocycles. The first-order valence-electron chi connectivity index (χ1n) is 7.17. The van der Waals surface area contributed by atoms with E-state index in [1.165, 1.54) is 6.42 Å². The number of rotatable bonds is 4. The molecule has 2 saturated carbocycles. The van der Waals surface area contributed by atoms with Crippen molar-refractivity contribution < 1.29 is 9.53 Å². The number of hydrogen-bond acceptors (Lipinski definition) is 2. The fraction of sp³-hybridized carbons (Fsp3) is 0.933. The molecule has 0 N–H and O–H groups in total. The Bertz CT molecular complexity index is 283. The largest absolute Gasteiger partial charge is 0.465 e. The molecule has 0 aromatic carbocycles. The standard InChI is InChI=1S/C15H26O2/c1-9(2)5-6-17-15(16)14-8-12-7-13(14)11(4)10(12)3/h9-14H,5-8H2,1-4H3. The Hall–Kier alpha value is -0.530. The SMILES string of the molecule is CC(C)CCOC(=O)C1CC2CC1C(C)C2C. The van der Waals surface area contributed by atoms with Gasteiger partial charge in [-0.2, -0.15) is 0 Å². The Morgan fingerprint density at radius 3 is 2.47 bits per heavy atom. The zero-order valence-electron chi connectivity index (χ0n) is 11.6. The van der Waals surface area contributed by atoms with Gasteiger partial charge < -0.3 is 4.74 Å². The summed E-state index contributed by atoms with van der Waals surface area (Å²) in [7, 11) is 0. The fourth-order valence-electron chi connectivity index (χ4n) is 3.71. The molecule has 98 valence electrons. The van der Waals surface area contributed by atoms with Crippen molar-refractivity contribution in [3.63, 3.8) is 0 Å². The van der Waals surface area contributed by atoms with Gasteiger partial charge in [-0.3, -0.25) is 4.79 Å². The molecular formula is C15H26O2. The molecular weight excluding hydrogens is 212 g/mol. The van der Waals surface area contributed by atoms with Crippen LogP contribution in [0.2, 0.25) is 0 Å². The highest BCUT2D eigenvalue weighted by Crippen LogP contribution is 2.55. The maximum atomic E-state index is 12.0. The minimum Gasteiger partial charge on any atom is -0.465 e. The molecule has 0 aliphatic heterocycles. The molecule has 0 aromatic rings. The monoisotopic (exact) mass is 238 g/mol. The molecule has 2 nitrogen and oxygen atoms in total. The van der Waals surface area contributed by atoms with Gasteiger partial charge in [-0.05, 0) is 48.9 Å². The van der Waals surface area contributed by atoms with E-state index in [4.69, 9.17) is 4.74 Å². The molecule has 2 heteroatoms. The highest BCUT2D eigenvalue weighted by molar-refractivity contribution is 5.73. The highest BCUT2D eigenvalue weighted by atomic mass is 16.5. The Kier molecular flexibility index (Phi) is 3.79. The van der Waals surface area contributed by atoms with Crippen molar-refractivity contribution in [2.75, 3.05) is 6.61 Å². The number of ether oxygens (including phenoxy) is 1. The van der Waals surface area contributed by atoms with Crippen LogP contribution in [-0.2, 0) is 9.53 Å². The summed E-state index contributed by atoms with van der Waals surface area (Å²) < 4.78 is 5.43. The Labute approximate surface area is 105 Å². The third-order valence-corrected chi connectivity index (χ3v) is 5.14. The van der Waals surface area contributed by atoms with Crippen LogP contribution in [0.15, 0.2) is 0 Å². The highest BCUT2D eigenvalue weighted by Gasteiger charge is 2.51. The number of carbonyl (C=O) groups excluding carboxylic acids is 1. The molecule has 5 atom stereocenters. The summed E-state index contributed by atoms with van der Waals surface area (Å²) in [5, 5.41) is 0. The van der Waals surface area contributed by atoms with Crippen LogP contribution in [0.3, 0.4) is 0 Å². The number of fused-ring (bicyclic) bond motifs is 2. The van der Waals surface area contributed by atoms with Crippen molar-refractivity contribution in [3.05, 3.63) is 0 Å². The van der Waals surface area contributed by atoms with Gasteiger partial charge in [0.15, 0.2) is 0 Å². The van der Waals surface area contributed by atoms with Crippen LogP contribution in [-0.4, -0.2) is 12.6 Å². The minimum atomic E-state index is 0.0805. The average molecular weight is 238 g/mol. The third kappa shape index (κ3) is 2.51. The van der Waals surface area contributed by atoms with E-state index >= 15 is 0 Å². The van der Waals surface area contributed by atoms with Gasteiger partial charge in [-0.25, -0.2) is 0 Å². The molecule has 2 rings (SSSR count). The van der Waals surface area contributed by atoms with Crippen molar-refractivity contribution in [2.24, 2.45) is 35.5 Å². The second kappa shape index (κ2) is 4.99. The molecule has 0 saturated heterocycles. The van der Waals surface area contributed by atoms with Crippen molar-refractivity contribution in [2.45, 2.75) is 47.0 Å². The predicted octanol–water partition coefficient (Wildman–Crippen LogP) is 3.50. The van der Waals surface area contributed by atoms with Gasteiger partial charge in [0.25, 0.3) is 0 Å². The second-order valence-electron chi connectivity index (χ2n) is 6.57. The quantitative estimate of drug-likeness (QED) is 0.701. The van der Waals surface area contributed by atoms with Crippen molar-refractivity contribution in [3.8, 4) is 0 Å². The zero-order chi connectivity index (χ0) is 12.6. The Balaban J connectivity index is 1.82. The molecule has 0 spiro atoms. The summed E-state index contributed by atoms with van der Waals surface area (Å²) in [5.74, 6) is 3.78. The first-order valence-corrected chi connectivity index (χ1v) is 7.17. The topological polar surface area (TPSA) is 26.3 Å². The lowest BCUT2D eigenvalue weighted by molar-refractivity contribution is -0.151. The van der Waals surface area contributed by atoms with E-state index in [1.54, 1.807) is 0 Å². The summed E-state index contributed by atoms with van der Waals surface area (Å²) in [4.78, 5) is 12.0. The molecule has 2 aliphatic rings. The second-order valence-corrected chi connectivity index (χ2v) is 6.57. The predicted molar refractivity (Wildman–Crippen MR) is 68.4 cm³/mol. The van der Waals surface area contributed by atoms with Gasteiger partial charge >= 0.3 is 5.97 Å². The lowest BCUT2D eigenvalue weighted by Crippen LogP contribution is -2.31. The molecule has 0 heterocycles. The lowest BCUT2D eigenvalue weighted by atomic mass is 9.76. The van der Waals surface area contributed by atoms with Crippen LogP contribution >= 0.6 is 0 Å². The smallest absolute Gasteiger partial charge is 0.309 e. The number of carbonyl (C=O) groups is 1. The maximum Gasteiger partial charge on any atom is 0.309 e. The van der Waals surface area contributed by atoms with Gasteiger partial charge in [0.05, 0.1) is 12.5 Å². The first-order chi connectivity index (χ1) is 8.00. The van der Waals surface area contributed by atoms with E-state index in [9.17, 15) is 4.79 Å². The number of esters is 1. The summed E-state index contributed by atoms with van der Waals surface area (Å²) in [6, 6.07) is 0. The Morgan fingerprint density at radius 2 is 1.94 bits per heavy atom. The van der Waals surface area contributed by atoms with Crippen LogP contribution in [0.25, 0.3) is 0 Å². The van der Waals surface area contributed by atoms with Gasteiger partial charge in [-0.1, -0.05) is 27.7 Å². The van der Waals surface area contributed by atoms with Gasteiger partial charge in [-0.15, -0.1) is 0 Å². The maximum absolute atomic E-state index is 12.0. The van der Waals surface area contributed by atoms with Crippen LogP contribution in [0, 0.1) is 35.5 Å². The summed E-state index contributed by atoms with van der Waals surface area (Å²) >= 11 is 0. The third-order valence-electron chi connectivity index (χ3n) is 5.14. The van der Waals surface area contributed by atoms with Crippen LogP contribution in [0.5, 0.6) is 0 Å². The van der Waals surface area contributed by atoms with Crippen molar-refractivity contribution in [1.82, 2.24) is 0 Å². The molecule has 5 unspecified atom stereocenters. The fourth-order valence-corrected chi connectivity index (χ4v) is 3.71. The van der Waals surface area contributed by atoms with Gasteiger partial charge in [0, 0.05) is 0 Å². The lowest BCUT2D eigenvalue weighted by Gasteiger charge is -2.30. The van der Waals surface area contributed by atoms with Crippen molar-refractivity contribution in [1.29, 1.82) is 0 Å². The van der Waals surface area contributed by atoms with E-state index in [0.29, 0.717) is 24.4 Å². The molecule has 0 radical (unpaired) electrons. The van der Waals surface area contributed by atoms with E-state index in [1.807, 2.05) is 0 Å². The normalized spacial score (nSPS) is 39.9. The van der Waals surface area contributed by atoms with E-state index in [2.05, 4.69) is 27.7 Å². The molecule has 2 fully saturated rings. The van der Waals surface area contributed by atoms with Gasteiger partial charge in [0.2, 0.25) is 0 Å². The molecule has 0 amide bonds. The zero-order valence-corrected chi connectivity index (χ0v) is 11.6. The molecule has 17 heavy (non-hydrogen) atoms. The Morgan fingerprint density at radius 1 is 1.24 bits per heavy atom. The van der Waals surface area contributed by atoms with Crippen LogP contribution in [0.4, 0.5) is 0 Å².